The second-order valence-corrected chi connectivity index (χ2v) is 4.11. The summed E-state index contributed by atoms with van der Waals surface area (Å²) in [6.07, 6.45) is -4.97. The number of ketones is 1. The van der Waals surface area contributed by atoms with Gasteiger partial charge < -0.3 is 14.2 Å². The summed E-state index contributed by atoms with van der Waals surface area (Å²) in [5, 5.41) is 3.41. The highest BCUT2D eigenvalue weighted by Crippen LogP contribution is 2.26. The Morgan fingerprint density at radius 1 is 1.25 bits per heavy atom. The molecular weight excluding hydrogens is 340 g/mol. The number of nitrogens with one attached hydrogen (secondary N) is 1. The van der Waals surface area contributed by atoms with Gasteiger partial charge in [-0.15, -0.1) is 13.2 Å². The van der Waals surface area contributed by atoms with Gasteiger partial charge in [0.05, 0.1) is 12.8 Å². The Hall–Kier alpha value is -2.69. The van der Waals surface area contributed by atoms with Crippen LogP contribution < -0.4 is 10.2 Å². The van der Waals surface area contributed by atoms with Crippen LogP contribution in [0.3, 0.4) is 0 Å². The van der Waals surface area contributed by atoms with Gasteiger partial charge >= 0.3 is 12.3 Å². The predicted octanol–water partition coefficient (Wildman–Crippen LogP) is 1.88. The number of alkyl halides is 3. The average molecular weight is 352 g/mol. The minimum atomic E-state index is -4.97. The molecule has 0 saturated carbocycles. The molecule has 0 fully saturated rings. The van der Waals surface area contributed by atoms with Crippen LogP contribution in [0, 0.1) is 5.82 Å². The van der Waals surface area contributed by atoms with Crippen molar-refractivity contribution in [3.05, 3.63) is 24.0 Å². The fourth-order valence-corrected chi connectivity index (χ4v) is 1.42. The highest BCUT2D eigenvalue weighted by Gasteiger charge is 2.31. The van der Waals surface area contributed by atoms with Crippen LogP contribution in [0.15, 0.2) is 23.3 Å². The van der Waals surface area contributed by atoms with Crippen LogP contribution >= 0.6 is 0 Å². The summed E-state index contributed by atoms with van der Waals surface area (Å²) in [6.45, 7) is -0.476. The summed E-state index contributed by atoms with van der Waals surface area (Å²) >= 11 is 0. The molecule has 11 heteroatoms. The van der Waals surface area contributed by atoms with E-state index in [-0.39, 0.29) is 0 Å². The topological polar surface area (TPSA) is 86.2 Å². The molecule has 132 valence electrons. The third-order valence-electron chi connectivity index (χ3n) is 2.38. The SMILES string of the molecule is COCC(=O)/C(=N/Nc1ccc(OC(F)(F)F)cc1F)C(=O)OC. The number of methoxy groups -OCH3 is 2. The van der Waals surface area contributed by atoms with E-state index in [2.05, 4.69) is 24.7 Å². The van der Waals surface area contributed by atoms with Crippen molar-refractivity contribution in [1.82, 2.24) is 0 Å². The molecule has 0 aliphatic carbocycles. The molecule has 1 aromatic carbocycles. The first-order valence-corrected chi connectivity index (χ1v) is 6.17. The van der Waals surface area contributed by atoms with E-state index >= 15 is 0 Å². The summed E-state index contributed by atoms with van der Waals surface area (Å²) in [6, 6.07) is 2.17. The first-order valence-electron chi connectivity index (χ1n) is 6.17. The van der Waals surface area contributed by atoms with Gasteiger partial charge in [-0.05, 0) is 12.1 Å². The molecular formula is C13H12F4N2O5. The fraction of sp³-hybridized carbons (Fsp3) is 0.308. The fourth-order valence-electron chi connectivity index (χ4n) is 1.42. The van der Waals surface area contributed by atoms with Gasteiger partial charge in [0, 0.05) is 13.2 Å². The molecule has 7 nitrogen and oxygen atoms in total. The highest BCUT2D eigenvalue weighted by molar-refractivity contribution is 6.64. The lowest BCUT2D eigenvalue weighted by Gasteiger charge is -2.10. The normalized spacial score (nSPS) is 11.8. The van der Waals surface area contributed by atoms with Gasteiger partial charge in [-0.25, -0.2) is 9.18 Å². The van der Waals surface area contributed by atoms with Crippen LogP contribution in [-0.2, 0) is 19.1 Å². The highest BCUT2D eigenvalue weighted by atomic mass is 19.4. The van der Waals surface area contributed by atoms with Gasteiger partial charge in [0.2, 0.25) is 11.5 Å². The molecule has 0 spiro atoms. The second-order valence-electron chi connectivity index (χ2n) is 4.11. The smallest absolute Gasteiger partial charge is 0.464 e. The minimum Gasteiger partial charge on any atom is -0.464 e. The van der Waals surface area contributed by atoms with Crippen molar-refractivity contribution < 1.29 is 41.4 Å². The number of ether oxygens (including phenoxy) is 3. The molecule has 0 radical (unpaired) electrons. The number of benzene rings is 1. The molecule has 1 rings (SSSR count). The summed E-state index contributed by atoms with van der Waals surface area (Å²) in [5.41, 5.74) is 0.964. The first-order chi connectivity index (χ1) is 11.2. The zero-order valence-electron chi connectivity index (χ0n) is 12.4. The Bertz CT molecular complexity index is 646. The Morgan fingerprint density at radius 3 is 2.42 bits per heavy atom. The maximum absolute atomic E-state index is 13.7. The Morgan fingerprint density at radius 2 is 1.92 bits per heavy atom. The van der Waals surface area contributed by atoms with Crippen molar-refractivity contribution in [3.8, 4) is 5.75 Å². The lowest BCUT2D eigenvalue weighted by molar-refractivity contribution is -0.274. The van der Waals surface area contributed by atoms with E-state index in [1.807, 2.05) is 0 Å². The number of carbonyl (C=O) groups excluding carboxylic acids is 2. The van der Waals surface area contributed by atoms with Gasteiger partial charge in [-0.1, -0.05) is 0 Å². The van der Waals surface area contributed by atoms with E-state index in [0.29, 0.717) is 6.07 Å². The third kappa shape index (κ3) is 5.83. The third-order valence-corrected chi connectivity index (χ3v) is 2.38. The molecule has 24 heavy (non-hydrogen) atoms. The van der Waals surface area contributed by atoms with Crippen molar-refractivity contribution in [2.45, 2.75) is 6.36 Å². The summed E-state index contributed by atoms with van der Waals surface area (Å²) in [4.78, 5) is 23.1. The van der Waals surface area contributed by atoms with Crippen LogP contribution in [0.1, 0.15) is 0 Å². The van der Waals surface area contributed by atoms with E-state index in [0.717, 1.165) is 19.2 Å². The molecule has 1 N–H and O–H groups in total. The van der Waals surface area contributed by atoms with Gasteiger partial charge in [-0.3, -0.25) is 10.2 Å². The molecule has 0 aliphatic rings. The quantitative estimate of drug-likeness (QED) is 0.265. The van der Waals surface area contributed by atoms with Crippen LogP contribution in [0.4, 0.5) is 23.2 Å². The van der Waals surface area contributed by atoms with Crippen LogP contribution in [0.2, 0.25) is 0 Å². The molecule has 0 saturated heterocycles. The zero-order chi connectivity index (χ0) is 18.3. The number of hydrogen-bond acceptors (Lipinski definition) is 7. The van der Waals surface area contributed by atoms with Crippen molar-refractivity contribution in [3.63, 3.8) is 0 Å². The largest absolute Gasteiger partial charge is 0.573 e. The number of esters is 1. The van der Waals surface area contributed by atoms with Gasteiger partial charge in [0.25, 0.3) is 0 Å². The number of hydrazone groups is 1. The van der Waals surface area contributed by atoms with Crippen molar-refractivity contribution in [2.24, 2.45) is 5.10 Å². The Labute approximate surface area is 133 Å². The van der Waals surface area contributed by atoms with Crippen molar-refractivity contribution >= 4 is 23.2 Å². The minimum absolute atomic E-state index is 0.392. The van der Waals surface area contributed by atoms with E-state index in [9.17, 15) is 27.2 Å². The van der Waals surface area contributed by atoms with Crippen molar-refractivity contribution in [2.75, 3.05) is 26.3 Å². The number of Topliss-reactive ketones (excluding diaryl/α,β-unsaturated/α-hetero) is 1. The number of hydrogen-bond donors (Lipinski definition) is 1. The molecule has 0 aromatic heterocycles. The monoisotopic (exact) mass is 352 g/mol. The predicted molar refractivity (Wildman–Crippen MR) is 73.0 cm³/mol. The van der Waals surface area contributed by atoms with Crippen LogP contribution in [-0.4, -0.2) is 44.7 Å². The molecule has 0 unspecified atom stereocenters. The Balaban J connectivity index is 2.97. The molecule has 0 heterocycles. The standard InChI is InChI=1S/C13H12F4N2O5/c1-22-6-10(20)11(12(21)23-2)19-18-9-4-3-7(5-8(9)14)24-13(15,16)17/h3-5,18H,6H2,1-2H3/b19-11-. The molecule has 0 atom stereocenters. The lowest BCUT2D eigenvalue weighted by atomic mass is 10.2. The van der Waals surface area contributed by atoms with E-state index in [4.69, 9.17) is 0 Å². The van der Waals surface area contributed by atoms with E-state index in [1.54, 1.807) is 0 Å². The summed E-state index contributed by atoms with van der Waals surface area (Å²) in [5.74, 6) is -3.86. The van der Waals surface area contributed by atoms with Crippen molar-refractivity contribution in [1.29, 1.82) is 0 Å². The maximum atomic E-state index is 13.7. The number of anilines is 1. The number of carbonyl (C=O) groups is 2. The number of rotatable bonds is 7. The molecule has 0 amide bonds. The van der Waals surface area contributed by atoms with E-state index < -0.39 is 47.7 Å². The maximum Gasteiger partial charge on any atom is 0.573 e. The number of halogens is 4. The summed E-state index contributed by atoms with van der Waals surface area (Å²) in [7, 11) is 2.21. The molecule has 0 aliphatic heterocycles. The van der Waals surface area contributed by atoms with E-state index in [1.165, 1.54) is 7.11 Å². The molecule has 0 bridgehead atoms. The zero-order valence-corrected chi connectivity index (χ0v) is 12.4. The summed E-state index contributed by atoms with van der Waals surface area (Å²) < 4.78 is 62.2. The van der Waals surface area contributed by atoms with Gasteiger partial charge in [0.15, 0.2) is 5.82 Å². The molecule has 1 aromatic rings. The average Bonchev–Trinajstić information content (AvgIpc) is 2.47. The number of nitrogens with zero attached hydrogens (tertiary/aromatic N) is 1. The van der Waals surface area contributed by atoms with Gasteiger partial charge in [-0.2, -0.15) is 5.10 Å². The van der Waals surface area contributed by atoms with Crippen LogP contribution in [0.5, 0.6) is 5.75 Å². The first kappa shape index (κ1) is 19.4. The van der Waals surface area contributed by atoms with Gasteiger partial charge in [0.1, 0.15) is 12.4 Å². The lowest BCUT2D eigenvalue weighted by Crippen LogP contribution is -2.29. The van der Waals surface area contributed by atoms with Crippen LogP contribution in [0.25, 0.3) is 0 Å². The Kier molecular flexibility index (Phi) is 6.65. The second kappa shape index (κ2) is 8.24.